The maximum Gasteiger partial charge on any atom is 0.870 e. The molecule has 0 aromatic heterocycles. The summed E-state index contributed by atoms with van der Waals surface area (Å²) in [4.78, 5) is 43.9. The Kier molecular flexibility index (Phi) is 4.54. The smallest absolute Gasteiger partial charge is 0.461 e. The Morgan fingerprint density at radius 1 is 0.957 bits per heavy atom. The SMILES string of the molecule is COC(=O)C(=O)OB1OC(=O)C(C(F)(F)F)(C(F)(F)F)C(=O)O1. The highest BCUT2D eigenvalue weighted by Crippen LogP contribution is 2.53. The number of ether oxygens (including phenoxy) is 1. The van der Waals surface area contributed by atoms with Gasteiger partial charge in [-0.3, -0.25) is 9.59 Å². The number of hydrogen-bond acceptors (Lipinski definition) is 8. The fraction of sp³-hybridized carbons (Fsp3) is 0.500. The monoisotopic (exact) mass is 352 g/mol. The van der Waals surface area contributed by atoms with Gasteiger partial charge in [-0.05, 0) is 0 Å². The molecule has 1 heterocycles. The van der Waals surface area contributed by atoms with Crippen molar-refractivity contribution in [1.29, 1.82) is 0 Å². The number of carbonyl (C=O) groups is 4. The largest absolute Gasteiger partial charge is 0.870 e. The molecule has 0 amide bonds. The predicted molar refractivity (Wildman–Crippen MR) is 50.6 cm³/mol. The van der Waals surface area contributed by atoms with Crippen LogP contribution in [0.25, 0.3) is 0 Å². The molecule has 1 rings (SSSR count). The fourth-order valence-corrected chi connectivity index (χ4v) is 1.35. The molecule has 0 aromatic carbocycles. The van der Waals surface area contributed by atoms with E-state index in [0.717, 1.165) is 0 Å². The molecule has 0 saturated carbocycles. The lowest BCUT2D eigenvalue weighted by molar-refractivity contribution is -0.325. The van der Waals surface area contributed by atoms with Crippen LogP contribution < -0.4 is 0 Å². The average molecular weight is 352 g/mol. The lowest BCUT2D eigenvalue weighted by atomic mass is 9.83. The second-order valence-electron chi connectivity index (χ2n) is 3.74. The first kappa shape index (κ1) is 18.6. The molecule has 0 unspecified atom stereocenters. The summed E-state index contributed by atoms with van der Waals surface area (Å²) >= 11 is 0. The third kappa shape index (κ3) is 2.89. The highest BCUT2D eigenvalue weighted by atomic mass is 19.4. The van der Waals surface area contributed by atoms with Crippen molar-refractivity contribution in [3.8, 4) is 0 Å². The Labute approximate surface area is 121 Å². The van der Waals surface area contributed by atoms with Crippen LogP contribution in [-0.2, 0) is 37.9 Å². The standard InChI is InChI=1S/C8H3BF6O8/c1-20-2(16)3(17)21-9-22-4(18)6(5(19)23-9,7(10,11)12)8(13,14)15/h1H3. The minimum absolute atomic E-state index is 0.681. The van der Waals surface area contributed by atoms with E-state index in [0.29, 0.717) is 7.11 Å². The van der Waals surface area contributed by atoms with Gasteiger partial charge in [0, 0.05) is 0 Å². The van der Waals surface area contributed by atoms with Crippen molar-refractivity contribution in [3.63, 3.8) is 0 Å². The Balaban J connectivity index is 3.13. The molecule has 0 radical (unpaired) electrons. The summed E-state index contributed by atoms with van der Waals surface area (Å²) < 4.78 is 90.6. The molecular weight excluding hydrogens is 349 g/mol. The van der Waals surface area contributed by atoms with E-state index < -0.39 is 49.0 Å². The van der Waals surface area contributed by atoms with Crippen molar-refractivity contribution in [2.75, 3.05) is 7.11 Å². The molecule has 0 N–H and O–H groups in total. The van der Waals surface area contributed by atoms with E-state index in [2.05, 4.69) is 18.7 Å². The van der Waals surface area contributed by atoms with E-state index in [4.69, 9.17) is 0 Å². The molecule has 1 aliphatic heterocycles. The van der Waals surface area contributed by atoms with Gasteiger partial charge in [-0.1, -0.05) is 0 Å². The van der Waals surface area contributed by atoms with Crippen molar-refractivity contribution in [2.24, 2.45) is 5.41 Å². The number of esters is 1. The Hall–Kier alpha value is -2.48. The molecule has 128 valence electrons. The van der Waals surface area contributed by atoms with E-state index in [9.17, 15) is 45.5 Å². The van der Waals surface area contributed by atoms with E-state index in [1.165, 1.54) is 0 Å². The topological polar surface area (TPSA) is 105 Å². The Morgan fingerprint density at radius 3 is 1.65 bits per heavy atom. The summed E-state index contributed by atoms with van der Waals surface area (Å²) in [6, 6.07) is 0. The zero-order valence-electron chi connectivity index (χ0n) is 10.6. The van der Waals surface area contributed by atoms with Gasteiger partial charge in [0.2, 0.25) is 0 Å². The molecule has 0 spiro atoms. The second-order valence-corrected chi connectivity index (χ2v) is 3.74. The molecule has 1 aliphatic rings. The summed E-state index contributed by atoms with van der Waals surface area (Å²) in [5, 5.41) is 0. The van der Waals surface area contributed by atoms with Crippen LogP contribution in [0, 0.1) is 5.41 Å². The zero-order chi connectivity index (χ0) is 18.2. The van der Waals surface area contributed by atoms with Gasteiger partial charge in [-0.15, -0.1) is 0 Å². The quantitative estimate of drug-likeness (QED) is 0.212. The van der Waals surface area contributed by atoms with Crippen molar-refractivity contribution in [2.45, 2.75) is 12.4 Å². The minimum atomic E-state index is -6.45. The first-order valence-corrected chi connectivity index (χ1v) is 5.13. The van der Waals surface area contributed by atoms with Crippen LogP contribution >= 0.6 is 0 Å². The number of alkyl halides is 6. The van der Waals surface area contributed by atoms with Gasteiger partial charge in [0.05, 0.1) is 7.11 Å². The third-order valence-corrected chi connectivity index (χ3v) is 2.42. The zero-order valence-corrected chi connectivity index (χ0v) is 10.6. The fourth-order valence-electron chi connectivity index (χ4n) is 1.35. The molecule has 0 aliphatic carbocycles. The van der Waals surface area contributed by atoms with Gasteiger partial charge in [0.25, 0.3) is 0 Å². The number of hydrogen-bond donors (Lipinski definition) is 0. The highest BCUT2D eigenvalue weighted by molar-refractivity contribution is 6.50. The number of methoxy groups -OCH3 is 1. The maximum absolute atomic E-state index is 12.7. The van der Waals surface area contributed by atoms with Crippen LogP contribution in [0.2, 0.25) is 0 Å². The minimum Gasteiger partial charge on any atom is -0.461 e. The molecule has 0 aromatic rings. The molecule has 0 bridgehead atoms. The Morgan fingerprint density at radius 2 is 1.35 bits per heavy atom. The van der Waals surface area contributed by atoms with Crippen LogP contribution in [0.15, 0.2) is 0 Å². The van der Waals surface area contributed by atoms with Crippen molar-refractivity contribution >= 4 is 31.2 Å². The highest BCUT2D eigenvalue weighted by Gasteiger charge is 2.85. The molecule has 1 saturated heterocycles. The van der Waals surface area contributed by atoms with Crippen LogP contribution in [0.5, 0.6) is 0 Å². The first-order valence-electron chi connectivity index (χ1n) is 5.13. The van der Waals surface area contributed by atoms with E-state index in [-0.39, 0.29) is 0 Å². The number of rotatable bonds is 1. The van der Waals surface area contributed by atoms with E-state index in [1.807, 2.05) is 0 Å². The van der Waals surface area contributed by atoms with Gasteiger partial charge >= 0.3 is 49.0 Å². The van der Waals surface area contributed by atoms with Gasteiger partial charge in [-0.25, -0.2) is 9.59 Å². The lowest BCUT2D eigenvalue weighted by Crippen LogP contribution is -2.66. The van der Waals surface area contributed by atoms with E-state index >= 15 is 0 Å². The summed E-state index contributed by atoms with van der Waals surface area (Å²) in [6.45, 7) is 0. The number of halogens is 6. The summed E-state index contributed by atoms with van der Waals surface area (Å²) in [7, 11) is -2.24. The molecular formula is C8H3BF6O8. The van der Waals surface area contributed by atoms with Crippen LogP contribution in [0.1, 0.15) is 0 Å². The summed E-state index contributed by atoms with van der Waals surface area (Å²) in [6.07, 6.45) is -12.9. The lowest BCUT2D eigenvalue weighted by Gasteiger charge is -2.36. The predicted octanol–water partition coefficient (Wildman–Crippen LogP) is -0.102. The van der Waals surface area contributed by atoms with Crippen molar-refractivity contribution < 1.29 is 64.2 Å². The molecule has 15 heteroatoms. The second kappa shape index (κ2) is 5.62. The van der Waals surface area contributed by atoms with Crippen molar-refractivity contribution in [3.05, 3.63) is 0 Å². The van der Waals surface area contributed by atoms with E-state index in [1.54, 1.807) is 0 Å². The molecule has 1 fully saturated rings. The maximum atomic E-state index is 12.7. The average Bonchev–Trinajstić information content (AvgIpc) is 2.33. The molecule has 0 atom stereocenters. The third-order valence-electron chi connectivity index (χ3n) is 2.42. The summed E-state index contributed by atoms with van der Waals surface area (Å²) in [5.74, 6) is -10.0. The van der Waals surface area contributed by atoms with Gasteiger partial charge in [0.1, 0.15) is 0 Å². The van der Waals surface area contributed by atoms with Gasteiger partial charge < -0.3 is 18.7 Å². The van der Waals surface area contributed by atoms with Crippen molar-refractivity contribution in [1.82, 2.24) is 0 Å². The van der Waals surface area contributed by atoms with Crippen LogP contribution in [0.3, 0.4) is 0 Å². The molecule has 8 nitrogen and oxygen atoms in total. The van der Waals surface area contributed by atoms with Crippen LogP contribution in [0.4, 0.5) is 26.3 Å². The van der Waals surface area contributed by atoms with Crippen LogP contribution in [-0.4, -0.2) is 50.7 Å². The number of carbonyl (C=O) groups excluding carboxylic acids is 4. The van der Waals surface area contributed by atoms with Gasteiger partial charge in [-0.2, -0.15) is 26.3 Å². The normalized spacial score (nSPS) is 18.0. The first-order chi connectivity index (χ1) is 10.3. The van der Waals surface area contributed by atoms with Gasteiger partial charge in [0.15, 0.2) is 0 Å². The molecule has 23 heavy (non-hydrogen) atoms. The Bertz CT molecular complexity index is 520. The summed E-state index contributed by atoms with van der Waals surface area (Å²) in [5.41, 5.74) is -5.60.